The third-order valence-corrected chi connectivity index (χ3v) is 3.35. The van der Waals surface area contributed by atoms with E-state index < -0.39 is 11.7 Å². The van der Waals surface area contributed by atoms with E-state index in [4.69, 9.17) is 4.74 Å². The van der Waals surface area contributed by atoms with Gasteiger partial charge in [-0.15, -0.1) is 0 Å². The van der Waals surface area contributed by atoms with Gasteiger partial charge in [0.05, 0.1) is 5.56 Å². The van der Waals surface area contributed by atoms with Crippen LogP contribution in [0.4, 0.5) is 13.2 Å². The fourth-order valence-electron chi connectivity index (χ4n) is 2.04. The third kappa shape index (κ3) is 4.49. The molecule has 118 valence electrons. The predicted octanol–water partition coefficient (Wildman–Crippen LogP) is 4.65. The van der Waals surface area contributed by atoms with Gasteiger partial charge in [0, 0.05) is 6.04 Å². The Morgan fingerprint density at radius 3 is 2.32 bits per heavy atom. The summed E-state index contributed by atoms with van der Waals surface area (Å²) in [6, 6.07) is 12.6. The molecule has 0 aliphatic carbocycles. The average Bonchev–Trinajstić information content (AvgIpc) is 2.47. The minimum atomic E-state index is -4.33. The summed E-state index contributed by atoms with van der Waals surface area (Å²) < 4.78 is 43.1. The molecular weight excluding hydrogens is 291 g/mol. The van der Waals surface area contributed by atoms with Crippen LogP contribution in [0.2, 0.25) is 0 Å². The summed E-state index contributed by atoms with van der Waals surface area (Å²) in [5.41, 5.74) is 0.419. The topological polar surface area (TPSA) is 21.3 Å². The Balaban J connectivity index is 2.09. The number of alkyl halides is 3. The maximum absolute atomic E-state index is 12.5. The second-order valence-corrected chi connectivity index (χ2v) is 5.17. The predicted molar refractivity (Wildman–Crippen MR) is 80.2 cm³/mol. The van der Waals surface area contributed by atoms with Gasteiger partial charge in [-0.1, -0.05) is 12.1 Å². The van der Waals surface area contributed by atoms with Gasteiger partial charge in [-0.25, -0.2) is 0 Å². The van der Waals surface area contributed by atoms with Crippen LogP contribution in [-0.2, 0) is 12.6 Å². The quantitative estimate of drug-likeness (QED) is 0.868. The van der Waals surface area contributed by atoms with Gasteiger partial charge in [-0.2, -0.15) is 13.2 Å². The van der Waals surface area contributed by atoms with Crippen molar-refractivity contribution < 1.29 is 17.9 Å². The number of nitrogens with one attached hydrogen (secondary N) is 1. The van der Waals surface area contributed by atoms with E-state index in [-0.39, 0.29) is 0 Å². The van der Waals surface area contributed by atoms with E-state index in [2.05, 4.69) is 12.2 Å². The summed E-state index contributed by atoms with van der Waals surface area (Å²) in [7, 11) is 1.90. The Kier molecular flexibility index (Phi) is 5.08. The van der Waals surface area contributed by atoms with Gasteiger partial charge >= 0.3 is 6.18 Å². The van der Waals surface area contributed by atoms with Crippen molar-refractivity contribution in [1.82, 2.24) is 5.32 Å². The van der Waals surface area contributed by atoms with Crippen LogP contribution in [0.5, 0.6) is 11.5 Å². The molecule has 0 amide bonds. The van der Waals surface area contributed by atoms with E-state index in [1.165, 1.54) is 12.1 Å². The standard InChI is InChI=1S/C17H18F3NO/c1-12(21-2)10-13-4-3-5-16(11-13)22-15-8-6-14(7-9-15)17(18,19)20/h3-9,11-12,21H,10H2,1-2H3/t12-/m0/s1. The van der Waals surface area contributed by atoms with Crippen molar-refractivity contribution >= 4 is 0 Å². The zero-order valence-corrected chi connectivity index (χ0v) is 12.4. The highest BCUT2D eigenvalue weighted by Gasteiger charge is 2.30. The molecule has 0 spiro atoms. The van der Waals surface area contributed by atoms with Crippen molar-refractivity contribution in [2.75, 3.05) is 7.05 Å². The van der Waals surface area contributed by atoms with Crippen LogP contribution in [0.15, 0.2) is 48.5 Å². The average molecular weight is 309 g/mol. The first-order valence-electron chi connectivity index (χ1n) is 7.00. The highest BCUT2D eigenvalue weighted by molar-refractivity contribution is 5.36. The van der Waals surface area contributed by atoms with Gasteiger partial charge in [0.25, 0.3) is 0 Å². The SMILES string of the molecule is CN[C@@H](C)Cc1cccc(Oc2ccc(C(F)(F)F)cc2)c1. The van der Waals surface area contributed by atoms with Gasteiger partial charge < -0.3 is 10.1 Å². The van der Waals surface area contributed by atoms with Crippen molar-refractivity contribution in [3.63, 3.8) is 0 Å². The lowest BCUT2D eigenvalue weighted by Crippen LogP contribution is -2.23. The molecule has 1 atom stereocenters. The molecule has 0 fully saturated rings. The zero-order valence-electron chi connectivity index (χ0n) is 12.4. The minimum absolute atomic E-state index is 0.335. The number of ether oxygens (including phenoxy) is 1. The first-order chi connectivity index (χ1) is 10.4. The maximum atomic E-state index is 12.5. The molecule has 1 N–H and O–H groups in total. The van der Waals surface area contributed by atoms with E-state index in [1.807, 2.05) is 25.2 Å². The molecule has 0 aromatic heterocycles. The van der Waals surface area contributed by atoms with Crippen molar-refractivity contribution in [2.45, 2.75) is 25.6 Å². The Bertz CT molecular complexity index is 608. The van der Waals surface area contributed by atoms with Gasteiger partial charge in [0.2, 0.25) is 0 Å². The van der Waals surface area contributed by atoms with Gasteiger partial charge in [0.1, 0.15) is 11.5 Å². The fourth-order valence-corrected chi connectivity index (χ4v) is 2.04. The molecule has 0 heterocycles. The van der Waals surface area contributed by atoms with Crippen molar-refractivity contribution in [2.24, 2.45) is 0 Å². The lowest BCUT2D eigenvalue weighted by molar-refractivity contribution is -0.137. The lowest BCUT2D eigenvalue weighted by atomic mass is 10.1. The first kappa shape index (κ1) is 16.4. The molecule has 2 rings (SSSR count). The maximum Gasteiger partial charge on any atom is 0.416 e. The Labute approximate surface area is 127 Å². The Morgan fingerprint density at radius 2 is 1.73 bits per heavy atom. The van der Waals surface area contributed by atoms with E-state index in [1.54, 1.807) is 6.07 Å². The van der Waals surface area contributed by atoms with Crippen LogP contribution in [-0.4, -0.2) is 13.1 Å². The highest BCUT2D eigenvalue weighted by atomic mass is 19.4. The van der Waals surface area contributed by atoms with Gasteiger partial charge in [0.15, 0.2) is 0 Å². The molecule has 2 nitrogen and oxygen atoms in total. The van der Waals surface area contributed by atoms with Gasteiger partial charge in [-0.05, 0) is 62.4 Å². The summed E-state index contributed by atoms with van der Waals surface area (Å²) >= 11 is 0. The van der Waals surface area contributed by atoms with E-state index in [0.29, 0.717) is 17.5 Å². The van der Waals surface area contributed by atoms with E-state index in [0.717, 1.165) is 24.1 Å². The fraction of sp³-hybridized carbons (Fsp3) is 0.294. The lowest BCUT2D eigenvalue weighted by Gasteiger charge is -2.12. The molecule has 2 aromatic carbocycles. The minimum Gasteiger partial charge on any atom is -0.457 e. The zero-order chi connectivity index (χ0) is 16.2. The molecule has 0 unspecified atom stereocenters. The molecule has 0 saturated heterocycles. The van der Waals surface area contributed by atoms with Crippen LogP contribution in [0.3, 0.4) is 0 Å². The van der Waals surface area contributed by atoms with E-state index in [9.17, 15) is 13.2 Å². The Morgan fingerprint density at radius 1 is 1.05 bits per heavy atom. The third-order valence-electron chi connectivity index (χ3n) is 3.35. The van der Waals surface area contributed by atoms with Crippen LogP contribution < -0.4 is 10.1 Å². The molecule has 5 heteroatoms. The Hall–Kier alpha value is -2.01. The number of rotatable bonds is 5. The second-order valence-electron chi connectivity index (χ2n) is 5.17. The van der Waals surface area contributed by atoms with Crippen LogP contribution in [0.25, 0.3) is 0 Å². The van der Waals surface area contributed by atoms with Crippen molar-refractivity contribution in [3.05, 3.63) is 59.7 Å². The van der Waals surface area contributed by atoms with Crippen LogP contribution in [0.1, 0.15) is 18.1 Å². The number of hydrogen-bond acceptors (Lipinski definition) is 2. The van der Waals surface area contributed by atoms with Crippen molar-refractivity contribution in [1.29, 1.82) is 0 Å². The molecule has 22 heavy (non-hydrogen) atoms. The molecule has 0 saturated carbocycles. The summed E-state index contributed by atoms with van der Waals surface area (Å²) in [4.78, 5) is 0. The summed E-state index contributed by atoms with van der Waals surface area (Å²) in [6.07, 6.45) is -3.48. The van der Waals surface area contributed by atoms with Crippen molar-refractivity contribution in [3.8, 4) is 11.5 Å². The molecule has 0 radical (unpaired) electrons. The number of halogens is 3. The molecule has 0 aliphatic heterocycles. The summed E-state index contributed by atoms with van der Waals surface area (Å²) in [5, 5.41) is 3.16. The van der Waals surface area contributed by atoms with Crippen LogP contribution >= 0.6 is 0 Å². The molecule has 0 bridgehead atoms. The monoisotopic (exact) mass is 309 g/mol. The normalized spacial score (nSPS) is 13.0. The second kappa shape index (κ2) is 6.83. The molecule has 0 aliphatic rings. The smallest absolute Gasteiger partial charge is 0.416 e. The molecule has 2 aromatic rings. The van der Waals surface area contributed by atoms with E-state index >= 15 is 0 Å². The number of hydrogen-bond donors (Lipinski definition) is 1. The number of likely N-dealkylation sites (N-methyl/N-ethyl adjacent to an activating group) is 1. The highest BCUT2D eigenvalue weighted by Crippen LogP contribution is 2.31. The summed E-state index contributed by atoms with van der Waals surface area (Å²) in [6.45, 7) is 2.07. The first-order valence-corrected chi connectivity index (χ1v) is 7.00. The number of benzene rings is 2. The van der Waals surface area contributed by atoms with Crippen LogP contribution in [0, 0.1) is 0 Å². The van der Waals surface area contributed by atoms with Gasteiger partial charge in [-0.3, -0.25) is 0 Å². The summed E-state index contributed by atoms with van der Waals surface area (Å²) in [5.74, 6) is 0.993. The molecular formula is C17H18F3NO. The largest absolute Gasteiger partial charge is 0.457 e.